The van der Waals surface area contributed by atoms with E-state index in [1.807, 2.05) is 0 Å². The molecule has 18 heavy (non-hydrogen) atoms. The van der Waals surface area contributed by atoms with E-state index in [9.17, 15) is 0 Å². The predicted molar refractivity (Wildman–Crippen MR) is 80.9 cm³/mol. The Bertz CT molecular complexity index is 230. The normalized spacial score (nSPS) is 23.8. The Kier molecular flexibility index (Phi) is 6.13. The minimum Gasteiger partial charge on any atom is -0.312 e. The van der Waals surface area contributed by atoms with Gasteiger partial charge >= 0.3 is 0 Å². The largest absolute Gasteiger partial charge is 0.312 e. The van der Waals surface area contributed by atoms with Crippen molar-refractivity contribution < 1.29 is 0 Å². The number of likely N-dealkylation sites (tertiary alicyclic amines) is 1. The topological polar surface area (TPSA) is 15.3 Å². The molecule has 0 radical (unpaired) electrons. The molecule has 1 aliphatic heterocycles. The molecule has 0 saturated carbocycles. The Balaban J connectivity index is 2.46. The predicted octanol–water partition coefficient (Wildman–Crippen LogP) is 3.38. The Morgan fingerprint density at radius 2 is 1.94 bits per heavy atom. The van der Waals surface area contributed by atoms with Gasteiger partial charge in [-0.15, -0.1) is 0 Å². The lowest BCUT2D eigenvalue weighted by atomic mass is 9.86. The van der Waals surface area contributed by atoms with Crippen molar-refractivity contribution >= 4 is 0 Å². The van der Waals surface area contributed by atoms with Crippen LogP contribution in [-0.4, -0.2) is 37.1 Å². The summed E-state index contributed by atoms with van der Waals surface area (Å²) in [5.74, 6) is 1.75. The molecule has 2 atom stereocenters. The highest BCUT2D eigenvalue weighted by Gasteiger charge is 2.30. The van der Waals surface area contributed by atoms with Crippen molar-refractivity contribution in [1.29, 1.82) is 0 Å². The first-order valence-electron chi connectivity index (χ1n) is 7.80. The lowest BCUT2D eigenvalue weighted by molar-refractivity contribution is 0.188. The van der Waals surface area contributed by atoms with E-state index in [-0.39, 0.29) is 0 Å². The highest BCUT2D eigenvalue weighted by Crippen LogP contribution is 2.26. The number of nitrogens with zero attached hydrogens (tertiary/aromatic N) is 1. The first-order chi connectivity index (χ1) is 8.34. The molecule has 2 nitrogen and oxygen atoms in total. The second-order valence-corrected chi connectivity index (χ2v) is 7.43. The summed E-state index contributed by atoms with van der Waals surface area (Å²) in [6.45, 7) is 19.0. The van der Waals surface area contributed by atoms with Crippen LogP contribution < -0.4 is 5.32 Å². The smallest absolute Gasteiger partial charge is 0.0243 e. The maximum Gasteiger partial charge on any atom is 0.0243 e. The standard InChI is InChI=1S/C16H34N2/c1-7-9-17-15(16(4,5)6)12-18-10-8-14(11-18)13(2)3/h13-15,17H,7-12H2,1-6H3. The van der Waals surface area contributed by atoms with Gasteiger partial charge in [0.15, 0.2) is 0 Å². The van der Waals surface area contributed by atoms with Crippen molar-refractivity contribution in [2.75, 3.05) is 26.2 Å². The zero-order chi connectivity index (χ0) is 13.8. The van der Waals surface area contributed by atoms with Gasteiger partial charge in [-0.3, -0.25) is 0 Å². The highest BCUT2D eigenvalue weighted by molar-refractivity contribution is 4.87. The van der Waals surface area contributed by atoms with E-state index in [0.717, 1.165) is 18.4 Å². The number of hydrogen-bond acceptors (Lipinski definition) is 2. The summed E-state index contributed by atoms with van der Waals surface area (Å²) in [6.07, 6.45) is 2.61. The van der Waals surface area contributed by atoms with Crippen LogP contribution in [0.5, 0.6) is 0 Å². The third kappa shape index (κ3) is 4.89. The van der Waals surface area contributed by atoms with E-state index in [1.165, 1.54) is 32.5 Å². The molecule has 0 aliphatic carbocycles. The van der Waals surface area contributed by atoms with Gasteiger partial charge in [-0.2, -0.15) is 0 Å². The van der Waals surface area contributed by atoms with Crippen LogP contribution in [0, 0.1) is 17.3 Å². The monoisotopic (exact) mass is 254 g/mol. The van der Waals surface area contributed by atoms with Gasteiger partial charge in [-0.1, -0.05) is 41.5 Å². The molecule has 1 N–H and O–H groups in total. The Labute approximate surface area is 115 Å². The lowest BCUT2D eigenvalue weighted by Crippen LogP contribution is -2.48. The zero-order valence-electron chi connectivity index (χ0n) is 13.4. The molecule has 0 spiro atoms. The first kappa shape index (κ1) is 16.0. The van der Waals surface area contributed by atoms with Crippen LogP contribution >= 0.6 is 0 Å². The van der Waals surface area contributed by atoms with Crippen molar-refractivity contribution in [3.05, 3.63) is 0 Å². The van der Waals surface area contributed by atoms with E-state index in [2.05, 4.69) is 51.8 Å². The summed E-state index contributed by atoms with van der Waals surface area (Å²) in [7, 11) is 0. The number of nitrogens with one attached hydrogen (secondary N) is 1. The fourth-order valence-electron chi connectivity index (χ4n) is 2.79. The van der Waals surface area contributed by atoms with Crippen LogP contribution in [0.3, 0.4) is 0 Å². The molecular formula is C16H34N2. The third-order valence-electron chi connectivity index (χ3n) is 4.38. The fourth-order valence-corrected chi connectivity index (χ4v) is 2.79. The summed E-state index contributed by atoms with van der Waals surface area (Å²) in [4.78, 5) is 2.67. The molecule has 1 saturated heterocycles. The SMILES string of the molecule is CCCNC(CN1CCC(C(C)C)C1)C(C)(C)C. The Hall–Kier alpha value is -0.0800. The molecular weight excluding hydrogens is 220 g/mol. The van der Waals surface area contributed by atoms with Crippen LogP contribution in [-0.2, 0) is 0 Å². The maximum absolute atomic E-state index is 3.74. The van der Waals surface area contributed by atoms with Crippen molar-refractivity contribution in [2.24, 2.45) is 17.3 Å². The van der Waals surface area contributed by atoms with Gasteiger partial charge in [-0.05, 0) is 43.2 Å². The Morgan fingerprint density at radius 1 is 1.28 bits per heavy atom. The quantitative estimate of drug-likeness (QED) is 0.782. The van der Waals surface area contributed by atoms with Gasteiger partial charge in [0.25, 0.3) is 0 Å². The van der Waals surface area contributed by atoms with Gasteiger partial charge < -0.3 is 10.2 Å². The molecule has 0 aromatic heterocycles. The van der Waals surface area contributed by atoms with E-state index >= 15 is 0 Å². The highest BCUT2D eigenvalue weighted by atomic mass is 15.2. The zero-order valence-corrected chi connectivity index (χ0v) is 13.4. The van der Waals surface area contributed by atoms with Gasteiger partial charge in [-0.25, -0.2) is 0 Å². The Morgan fingerprint density at radius 3 is 2.39 bits per heavy atom. The second-order valence-electron chi connectivity index (χ2n) is 7.43. The summed E-state index contributed by atoms with van der Waals surface area (Å²) >= 11 is 0. The fraction of sp³-hybridized carbons (Fsp3) is 1.00. The number of rotatable bonds is 6. The average Bonchev–Trinajstić information content (AvgIpc) is 2.71. The second kappa shape index (κ2) is 6.91. The van der Waals surface area contributed by atoms with Crippen molar-refractivity contribution in [3.63, 3.8) is 0 Å². The molecule has 1 fully saturated rings. The van der Waals surface area contributed by atoms with Crippen molar-refractivity contribution in [3.8, 4) is 0 Å². The maximum atomic E-state index is 3.74. The first-order valence-corrected chi connectivity index (χ1v) is 7.80. The molecule has 2 heteroatoms. The van der Waals surface area contributed by atoms with E-state index in [0.29, 0.717) is 11.5 Å². The molecule has 1 rings (SSSR count). The number of hydrogen-bond donors (Lipinski definition) is 1. The molecule has 108 valence electrons. The van der Waals surface area contributed by atoms with E-state index < -0.39 is 0 Å². The summed E-state index contributed by atoms with van der Waals surface area (Å²) in [6, 6.07) is 0.614. The van der Waals surface area contributed by atoms with Crippen LogP contribution in [0.2, 0.25) is 0 Å². The molecule has 0 amide bonds. The molecule has 2 unspecified atom stereocenters. The molecule has 1 heterocycles. The molecule has 0 aromatic rings. The summed E-state index contributed by atoms with van der Waals surface area (Å²) < 4.78 is 0. The van der Waals surface area contributed by atoms with Crippen molar-refractivity contribution in [1.82, 2.24) is 10.2 Å². The molecule has 1 aliphatic rings. The van der Waals surface area contributed by atoms with E-state index in [4.69, 9.17) is 0 Å². The average molecular weight is 254 g/mol. The summed E-state index contributed by atoms with van der Waals surface area (Å²) in [5, 5.41) is 3.74. The van der Waals surface area contributed by atoms with Gasteiger partial charge in [0.05, 0.1) is 0 Å². The van der Waals surface area contributed by atoms with Gasteiger partial charge in [0.2, 0.25) is 0 Å². The van der Waals surface area contributed by atoms with Crippen LogP contribution in [0.1, 0.15) is 54.4 Å². The van der Waals surface area contributed by atoms with E-state index in [1.54, 1.807) is 0 Å². The van der Waals surface area contributed by atoms with Crippen LogP contribution in [0.25, 0.3) is 0 Å². The third-order valence-corrected chi connectivity index (χ3v) is 4.38. The summed E-state index contributed by atoms with van der Waals surface area (Å²) in [5.41, 5.74) is 0.352. The van der Waals surface area contributed by atoms with Gasteiger partial charge in [0, 0.05) is 19.1 Å². The molecule has 0 bridgehead atoms. The van der Waals surface area contributed by atoms with Crippen molar-refractivity contribution in [2.45, 2.75) is 60.4 Å². The molecule has 0 aromatic carbocycles. The van der Waals surface area contributed by atoms with Gasteiger partial charge in [0.1, 0.15) is 0 Å². The van der Waals surface area contributed by atoms with Crippen LogP contribution in [0.15, 0.2) is 0 Å². The van der Waals surface area contributed by atoms with Crippen LogP contribution in [0.4, 0.5) is 0 Å². The minimum atomic E-state index is 0.352. The lowest BCUT2D eigenvalue weighted by Gasteiger charge is -2.35. The minimum absolute atomic E-state index is 0.352.